The van der Waals surface area contributed by atoms with Gasteiger partial charge in [-0.2, -0.15) is 0 Å². The molecule has 2 amide bonds. The number of anilines is 1. The van der Waals surface area contributed by atoms with Crippen molar-refractivity contribution in [3.8, 4) is 11.5 Å². The van der Waals surface area contributed by atoms with Crippen molar-refractivity contribution < 1.29 is 19.1 Å². The van der Waals surface area contributed by atoms with Crippen molar-refractivity contribution in [1.29, 1.82) is 0 Å². The lowest BCUT2D eigenvalue weighted by Gasteiger charge is -2.13. The van der Waals surface area contributed by atoms with Gasteiger partial charge in [0.25, 0.3) is 11.8 Å². The zero-order valence-corrected chi connectivity index (χ0v) is 11.4. The molecule has 8 heteroatoms. The van der Waals surface area contributed by atoms with Crippen LogP contribution in [0.1, 0.15) is 0 Å². The van der Waals surface area contributed by atoms with Crippen molar-refractivity contribution in [2.45, 2.75) is 0 Å². The highest BCUT2D eigenvalue weighted by atomic mass is 16.4. The van der Waals surface area contributed by atoms with Gasteiger partial charge in [0, 0.05) is 17.3 Å². The van der Waals surface area contributed by atoms with Gasteiger partial charge in [0.2, 0.25) is 12.3 Å². The molecule has 0 saturated heterocycles. The highest BCUT2D eigenvalue weighted by molar-refractivity contribution is 6.17. The predicted molar refractivity (Wildman–Crippen MR) is 75.2 cm³/mol. The van der Waals surface area contributed by atoms with E-state index in [1.807, 2.05) is 0 Å². The van der Waals surface area contributed by atoms with Gasteiger partial charge in [0.15, 0.2) is 0 Å². The topological polar surface area (TPSA) is 109 Å². The molecule has 0 radical (unpaired) electrons. The first-order valence-corrected chi connectivity index (χ1v) is 6.51. The number of carbonyl (C=O) groups is 2. The van der Waals surface area contributed by atoms with Gasteiger partial charge in [-0.3, -0.25) is 14.5 Å². The van der Waals surface area contributed by atoms with E-state index in [1.165, 1.54) is 12.5 Å². The molecule has 2 aromatic rings. The summed E-state index contributed by atoms with van der Waals surface area (Å²) in [6.07, 6.45) is 2.45. The molecule has 0 atom stereocenters. The maximum absolute atomic E-state index is 12.0. The number of aromatic nitrogens is 2. The summed E-state index contributed by atoms with van der Waals surface area (Å²) in [4.78, 5) is 24.6. The highest BCUT2D eigenvalue weighted by Gasteiger charge is 2.30. The predicted octanol–water partition coefficient (Wildman–Crippen LogP) is 0.393. The Morgan fingerprint density at radius 1 is 1.23 bits per heavy atom. The second-order valence-corrected chi connectivity index (χ2v) is 4.52. The summed E-state index contributed by atoms with van der Waals surface area (Å²) in [6, 6.07) is 6.96. The lowest BCUT2D eigenvalue weighted by atomic mass is 10.2. The van der Waals surface area contributed by atoms with Crippen LogP contribution in [-0.2, 0) is 9.59 Å². The Bertz CT molecular complexity index is 722. The van der Waals surface area contributed by atoms with Gasteiger partial charge < -0.3 is 14.8 Å². The first-order chi connectivity index (χ1) is 10.7. The van der Waals surface area contributed by atoms with Gasteiger partial charge in [-0.15, -0.1) is 10.2 Å². The molecule has 0 unspecified atom stereocenters. The minimum absolute atomic E-state index is 0.0184. The van der Waals surface area contributed by atoms with Gasteiger partial charge in [-0.25, -0.2) is 0 Å². The molecule has 1 aromatic heterocycles. The number of hydrogen-bond acceptors (Lipinski definition) is 7. The Kier molecular flexibility index (Phi) is 3.67. The summed E-state index contributed by atoms with van der Waals surface area (Å²) in [6.45, 7) is -0.285. The number of aliphatic hydroxyl groups excluding tert-OH is 1. The quantitative estimate of drug-likeness (QED) is 0.769. The second-order valence-electron chi connectivity index (χ2n) is 4.52. The molecule has 0 saturated carbocycles. The van der Waals surface area contributed by atoms with E-state index in [0.29, 0.717) is 11.6 Å². The minimum Gasteiger partial charge on any atom is -0.423 e. The van der Waals surface area contributed by atoms with E-state index >= 15 is 0 Å². The number of rotatable bonds is 5. The van der Waals surface area contributed by atoms with Crippen LogP contribution < -0.4 is 5.32 Å². The Labute approximate surface area is 125 Å². The summed E-state index contributed by atoms with van der Waals surface area (Å²) < 4.78 is 5.08. The molecule has 112 valence electrons. The zero-order chi connectivity index (χ0) is 15.5. The van der Waals surface area contributed by atoms with E-state index in [9.17, 15) is 9.59 Å². The summed E-state index contributed by atoms with van der Waals surface area (Å²) in [5, 5.41) is 19.1. The van der Waals surface area contributed by atoms with Crippen LogP contribution in [0, 0.1) is 0 Å². The van der Waals surface area contributed by atoms with E-state index in [-0.39, 0.29) is 18.8 Å². The number of aliphatic hydroxyl groups is 1. The summed E-state index contributed by atoms with van der Waals surface area (Å²) >= 11 is 0. The van der Waals surface area contributed by atoms with Crippen molar-refractivity contribution in [2.24, 2.45) is 0 Å². The van der Waals surface area contributed by atoms with E-state index < -0.39 is 11.8 Å². The van der Waals surface area contributed by atoms with Gasteiger partial charge in [-0.1, -0.05) is 0 Å². The summed E-state index contributed by atoms with van der Waals surface area (Å²) in [7, 11) is 0. The molecule has 0 spiro atoms. The number of benzene rings is 1. The fourth-order valence-electron chi connectivity index (χ4n) is 2.06. The molecular formula is C14H12N4O4. The van der Waals surface area contributed by atoms with Crippen LogP contribution in [0.25, 0.3) is 11.5 Å². The second kappa shape index (κ2) is 5.78. The van der Waals surface area contributed by atoms with Crippen molar-refractivity contribution in [3.63, 3.8) is 0 Å². The molecule has 3 rings (SSSR count). The molecule has 8 nitrogen and oxygen atoms in total. The third kappa shape index (κ3) is 2.59. The van der Waals surface area contributed by atoms with E-state index in [1.54, 1.807) is 24.3 Å². The monoisotopic (exact) mass is 300 g/mol. The fraction of sp³-hybridized carbons (Fsp3) is 0.143. The van der Waals surface area contributed by atoms with Crippen LogP contribution >= 0.6 is 0 Å². The van der Waals surface area contributed by atoms with Crippen LogP contribution in [0.5, 0.6) is 0 Å². The molecule has 1 aliphatic heterocycles. The molecule has 1 aromatic carbocycles. The standard InChI is InChI=1S/C14H12N4O4/c19-6-5-18-12(20)7-11(14(18)21)16-10-3-1-9(2-4-10)13-17-15-8-22-13/h1-4,7-8,16,19H,5-6H2. The molecule has 22 heavy (non-hydrogen) atoms. The molecule has 0 aliphatic carbocycles. The largest absolute Gasteiger partial charge is 0.423 e. The molecule has 0 fully saturated rings. The Morgan fingerprint density at radius 3 is 2.64 bits per heavy atom. The molecule has 2 heterocycles. The summed E-state index contributed by atoms with van der Waals surface area (Å²) in [5.41, 5.74) is 1.55. The van der Waals surface area contributed by atoms with Crippen molar-refractivity contribution in [1.82, 2.24) is 15.1 Å². The Morgan fingerprint density at radius 2 is 2.00 bits per heavy atom. The van der Waals surface area contributed by atoms with Gasteiger partial charge >= 0.3 is 0 Å². The average Bonchev–Trinajstić information content (AvgIpc) is 3.13. The number of imide groups is 1. The number of amides is 2. The molecule has 1 aliphatic rings. The maximum Gasteiger partial charge on any atom is 0.277 e. The number of carbonyl (C=O) groups excluding carboxylic acids is 2. The number of hydrogen-bond donors (Lipinski definition) is 2. The molecule has 0 bridgehead atoms. The van der Waals surface area contributed by atoms with Crippen LogP contribution in [0.15, 0.2) is 46.8 Å². The lowest BCUT2D eigenvalue weighted by Crippen LogP contribution is -2.34. The lowest BCUT2D eigenvalue weighted by molar-refractivity contribution is -0.137. The smallest absolute Gasteiger partial charge is 0.277 e. The van der Waals surface area contributed by atoms with Crippen LogP contribution in [0.2, 0.25) is 0 Å². The highest BCUT2D eigenvalue weighted by Crippen LogP contribution is 2.21. The van der Waals surface area contributed by atoms with Crippen molar-refractivity contribution in [2.75, 3.05) is 18.5 Å². The van der Waals surface area contributed by atoms with Crippen LogP contribution in [-0.4, -0.2) is 45.2 Å². The number of nitrogens with one attached hydrogen (secondary N) is 1. The maximum atomic E-state index is 12.0. The SMILES string of the molecule is O=C1C=C(Nc2ccc(-c3nnco3)cc2)C(=O)N1CCO. The van der Waals surface area contributed by atoms with Crippen molar-refractivity contribution >= 4 is 17.5 Å². The fourth-order valence-corrected chi connectivity index (χ4v) is 2.06. The van der Waals surface area contributed by atoms with Crippen molar-refractivity contribution in [3.05, 3.63) is 42.4 Å². The molecular weight excluding hydrogens is 288 g/mol. The van der Waals surface area contributed by atoms with Gasteiger partial charge in [0.05, 0.1) is 13.2 Å². The Balaban J connectivity index is 1.73. The van der Waals surface area contributed by atoms with E-state index in [0.717, 1.165) is 10.5 Å². The van der Waals surface area contributed by atoms with Crippen LogP contribution in [0.3, 0.4) is 0 Å². The first-order valence-electron chi connectivity index (χ1n) is 6.51. The van der Waals surface area contributed by atoms with Crippen LogP contribution in [0.4, 0.5) is 5.69 Å². The molecule has 2 N–H and O–H groups in total. The van der Waals surface area contributed by atoms with Gasteiger partial charge in [-0.05, 0) is 24.3 Å². The van der Waals surface area contributed by atoms with E-state index in [4.69, 9.17) is 9.52 Å². The third-order valence-electron chi connectivity index (χ3n) is 3.10. The Hall–Kier alpha value is -3.00. The third-order valence-corrected chi connectivity index (χ3v) is 3.10. The number of nitrogens with zero attached hydrogens (tertiary/aromatic N) is 3. The number of β-amino-alcohol motifs (C(OH)–C–C–N with tert-alkyl or cyclic N) is 1. The van der Waals surface area contributed by atoms with Gasteiger partial charge in [0.1, 0.15) is 5.70 Å². The average molecular weight is 300 g/mol. The normalized spacial score (nSPS) is 14.4. The first kappa shape index (κ1) is 14.0. The summed E-state index contributed by atoms with van der Waals surface area (Å²) in [5.74, 6) is -0.504. The minimum atomic E-state index is -0.458. The van der Waals surface area contributed by atoms with E-state index in [2.05, 4.69) is 15.5 Å². The zero-order valence-electron chi connectivity index (χ0n) is 11.4.